The lowest BCUT2D eigenvalue weighted by molar-refractivity contribution is 0.776. The Morgan fingerprint density at radius 3 is 2.38 bits per heavy atom. The van der Waals surface area contributed by atoms with Gasteiger partial charge in [-0.15, -0.1) is 0 Å². The highest BCUT2D eigenvalue weighted by molar-refractivity contribution is 6.12. The molecule has 0 radical (unpaired) electrons. The van der Waals surface area contributed by atoms with E-state index in [1.807, 2.05) is 0 Å². The van der Waals surface area contributed by atoms with Gasteiger partial charge >= 0.3 is 0 Å². The molecule has 2 heterocycles. The first-order chi connectivity index (χ1) is 24.7. The maximum absolute atomic E-state index is 4.47. The van der Waals surface area contributed by atoms with E-state index in [-0.39, 0.29) is 0 Å². The van der Waals surface area contributed by atoms with Crippen LogP contribution in [0.25, 0.3) is 49.8 Å². The van der Waals surface area contributed by atoms with Crippen LogP contribution >= 0.6 is 0 Å². The molecule has 2 heteroatoms. The summed E-state index contributed by atoms with van der Waals surface area (Å²) in [7, 11) is 0. The Hall–Kier alpha value is -5.86. The average Bonchev–Trinajstić information content (AvgIpc) is 3.51. The molecule has 0 spiro atoms. The Labute approximate surface area is 295 Å². The molecule has 4 aliphatic rings. The predicted octanol–water partition coefficient (Wildman–Crippen LogP) is 13.1. The lowest BCUT2D eigenvalue weighted by Gasteiger charge is -2.25. The Kier molecular flexibility index (Phi) is 7.78. The molecular formula is C48H40N2. The molecule has 0 fully saturated rings. The van der Waals surface area contributed by atoms with E-state index in [0.717, 1.165) is 54.6 Å². The first-order valence-corrected chi connectivity index (χ1v) is 17.9. The van der Waals surface area contributed by atoms with E-state index in [9.17, 15) is 0 Å². The second kappa shape index (κ2) is 12.9. The summed E-state index contributed by atoms with van der Waals surface area (Å²) in [5.74, 6) is 0.439. The van der Waals surface area contributed by atoms with Crippen LogP contribution in [0, 0.1) is 5.92 Å². The van der Waals surface area contributed by atoms with Crippen LogP contribution in [0.3, 0.4) is 0 Å². The molecule has 0 saturated carbocycles. The van der Waals surface area contributed by atoms with Crippen molar-refractivity contribution >= 4 is 50.0 Å². The molecule has 1 aromatic heterocycles. The minimum absolute atomic E-state index is 0.439. The van der Waals surface area contributed by atoms with Crippen molar-refractivity contribution in [2.45, 2.75) is 32.1 Å². The summed E-state index contributed by atoms with van der Waals surface area (Å²) < 4.78 is 2.52. The number of rotatable bonds is 5. The summed E-state index contributed by atoms with van der Waals surface area (Å²) in [4.78, 5) is 2.25. The van der Waals surface area contributed by atoms with Crippen molar-refractivity contribution in [3.8, 4) is 11.1 Å². The minimum atomic E-state index is 0.439. The van der Waals surface area contributed by atoms with Crippen LogP contribution in [0.1, 0.15) is 43.2 Å². The van der Waals surface area contributed by atoms with Crippen molar-refractivity contribution in [1.29, 1.82) is 0 Å². The van der Waals surface area contributed by atoms with E-state index < -0.39 is 0 Å². The van der Waals surface area contributed by atoms with Gasteiger partial charge in [-0.25, -0.2) is 0 Å². The zero-order chi connectivity index (χ0) is 33.4. The van der Waals surface area contributed by atoms with Crippen LogP contribution in [0.2, 0.25) is 0 Å². The first kappa shape index (κ1) is 30.2. The highest BCUT2D eigenvalue weighted by atomic mass is 15.1. The van der Waals surface area contributed by atoms with Crippen LogP contribution in [0.5, 0.6) is 0 Å². The largest absolute Gasteiger partial charge is 0.317 e. The first-order valence-electron chi connectivity index (χ1n) is 17.9. The molecule has 0 N–H and O–H groups in total. The van der Waals surface area contributed by atoms with E-state index in [0.29, 0.717) is 5.92 Å². The molecule has 0 bridgehead atoms. The highest BCUT2D eigenvalue weighted by Crippen LogP contribution is 2.42. The normalized spacial score (nSPS) is 19.8. The van der Waals surface area contributed by atoms with E-state index in [1.54, 1.807) is 0 Å². The Morgan fingerprint density at radius 1 is 0.660 bits per heavy atom. The molecular weight excluding hydrogens is 605 g/mol. The van der Waals surface area contributed by atoms with Gasteiger partial charge < -0.3 is 9.47 Å². The standard InChI is InChI=1S/C48H40N2/c1-34-15-13-14-30-49(39-18-7-3-8-19-39)46-28-25-36(31-44(34)46)37-26-29-47-45(32-37)43-27-24-38(33-48(43)50(47)40-20-9-4-10-21-40)42-23-12-11-22-41(42)35-16-5-2-6-17-35/h2-9,13-16,18-20,22-33,35H,1,10-12,17,21H2/b15-13-,30-14-. The third-order valence-electron chi connectivity index (χ3n) is 10.5. The minimum Gasteiger partial charge on any atom is -0.317 e. The molecule has 3 aliphatic carbocycles. The highest BCUT2D eigenvalue weighted by Gasteiger charge is 2.22. The molecule has 2 nitrogen and oxygen atoms in total. The molecule has 1 unspecified atom stereocenters. The summed E-state index contributed by atoms with van der Waals surface area (Å²) in [6, 6.07) is 31.5. The van der Waals surface area contributed by atoms with E-state index >= 15 is 0 Å². The molecule has 9 rings (SSSR count). The molecule has 242 valence electrons. The van der Waals surface area contributed by atoms with E-state index in [4.69, 9.17) is 0 Å². The third kappa shape index (κ3) is 5.38. The average molecular weight is 645 g/mol. The number of hydrogen-bond donors (Lipinski definition) is 0. The second-order valence-electron chi connectivity index (χ2n) is 13.6. The molecule has 4 aromatic carbocycles. The number of hydrogen-bond acceptors (Lipinski definition) is 1. The molecule has 0 amide bonds. The van der Waals surface area contributed by atoms with Crippen molar-refractivity contribution in [3.05, 3.63) is 187 Å². The van der Waals surface area contributed by atoms with Crippen molar-refractivity contribution in [2.75, 3.05) is 4.90 Å². The maximum atomic E-state index is 4.47. The van der Waals surface area contributed by atoms with Crippen molar-refractivity contribution in [1.82, 2.24) is 4.57 Å². The lowest BCUT2D eigenvalue weighted by Crippen LogP contribution is -2.11. The number of nitrogens with zero attached hydrogens (tertiary/aromatic N) is 2. The van der Waals surface area contributed by atoms with Crippen LogP contribution in [0.4, 0.5) is 11.4 Å². The van der Waals surface area contributed by atoms with Crippen molar-refractivity contribution in [2.24, 2.45) is 5.92 Å². The van der Waals surface area contributed by atoms with Gasteiger partial charge in [0, 0.05) is 39.8 Å². The smallest absolute Gasteiger partial charge is 0.0544 e. The lowest BCUT2D eigenvalue weighted by atomic mass is 9.81. The van der Waals surface area contributed by atoms with E-state index in [2.05, 4.69) is 180 Å². The van der Waals surface area contributed by atoms with Crippen LogP contribution < -0.4 is 4.90 Å². The van der Waals surface area contributed by atoms with Gasteiger partial charge in [0.25, 0.3) is 0 Å². The number of allylic oxidation sites excluding steroid dienone is 16. The summed E-state index contributed by atoms with van der Waals surface area (Å²) in [5, 5.41) is 2.58. The second-order valence-corrected chi connectivity index (χ2v) is 13.6. The van der Waals surface area contributed by atoms with Gasteiger partial charge in [0.1, 0.15) is 0 Å². The number of fused-ring (bicyclic) bond motifs is 4. The van der Waals surface area contributed by atoms with Crippen molar-refractivity contribution < 1.29 is 0 Å². The van der Waals surface area contributed by atoms with Gasteiger partial charge in [-0.1, -0.05) is 110 Å². The van der Waals surface area contributed by atoms with Gasteiger partial charge in [-0.05, 0) is 120 Å². The summed E-state index contributed by atoms with van der Waals surface area (Å²) in [6.07, 6.45) is 34.5. The van der Waals surface area contributed by atoms with Crippen LogP contribution in [-0.2, 0) is 0 Å². The molecule has 1 aliphatic heterocycles. The number of aromatic nitrogens is 1. The van der Waals surface area contributed by atoms with Crippen LogP contribution in [-0.4, -0.2) is 4.57 Å². The number of benzene rings is 4. The number of para-hydroxylation sites is 1. The quantitative estimate of drug-likeness (QED) is 0.185. The van der Waals surface area contributed by atoms with Crippen LogP contribution in [0.15, 0.2) is 176 Å². The SMILES string of the molecule is C=C1/C=C\C=C/N(c2ccccc2)c2ccc(-c3ccc4c(c3)c3ccc(C5=CCCC=C5C5C=CC=CC5)cc3n4C3=CC=CCC3)cc21. The van der Waals surface area contributed by atoms with Crippen molar-refractivity contribution in [3.63, 3.8) is 0 Å². The Balaban J connectivity index is 1.18. The summed E-state index contributed by atoms with van der Waals surface area (Å²) in [6.45, 7) is 4.47. The van der Waals surface area contributed by atoms with Gasteiger partial charge in [0.15, 0.2) is 0 Å². The molecule has 50 heavy (non-hydrogen) atoms. The molecule has 1 atom stereocenters. The topological polar surface area (TPSA) is 8.17 Å². The van der Waals surface area contributed by atoms with Gasteiger partial charge in [-0.3, -0.25) is 0 Å². The maximum Gasteiger partial charge on any atom is 0.0544 e. The summed E-state index contributed by atoms with van der Waals surface area (Å²) >= 11 is 0. The fraction of sp³-hybridized carbons (Fsp3) is 0.125. The monoisotopic (exact) mass is 644 g/mol. The van der Waals surface area contributed by atoms with E-state index in [1.165, 1.54) is 55.3 Å². The molecule has 5 aromatic rings. The Morgan fingerprint density at radius 2 is 1.52 bits per heavy atom. The zero-order valence-corrected chi connectivity index (χ0v) is 28.3. The Bertz CT molecular complexity index is 2410. The summed E-state index contributed by atoms with van der Waals surface area (Å²) in [5.41, 5.74) is 14.8. The van der Waals surface area contributed by atoms with Gasteiger partial charge in [0.05, 0.1) is 16.7 Å². The number of anilines is 2. The van der Waals surface area contributed by atoms with Gasteiger partial charge in [-0.2, -0.15) is 0 Å². The van der Waals surface area contributed by atoms with Gasteiger partial charge in [0.2, 0.25) is 0 Å². The zero-order valence-electron chi connectivity index (χ0n) is 28.3. The predicted molar refractivity (Wildman–Crippen MR) is 215 cm³/mol. The molecule has 0 saturated heterocycles. The third-order valence-corrected chi connectivity index (χ3v) is 10.5. The fourth-order valence-electron chi connectivity index (χ4n) is 8.07. The fourth-order valence-corrected chi connectivity index (χ4v) is 8.07.